The molecule has 22 heavy (non-hydrogen) atoms. The first kappa shape index (κ1) is 18.3. The molecule has 0 aromatic rings. The van der Waals surface area contributed by atoms with Crippen LogP contribution in [-0.2, 0) is 19.2 Å². The van der Waals surface area contributed by atoms with Gasteiger partial charge in [-0.25, -0.2) is 0 Å². The molecular weight excluding hydrogens is 308 g/mol. The Morgan fingerprint density at radius 1 is 1.36 bits per heavy atom. The molecular formula is C13H22N4O4S. The highest BCUT2D eigenvalue weighted by Gasteiger charge is 2.35. The molecule has 4 amide bonds. The number of thioether (sulfide) groups is 1. The molecule has 2 atom stereocenters. The highest BCUT2D eigenvalue weighted by atomic mass is 32.2. The van der Waals surface area contributed by atoms with Gasteiger partial charge in [-0.15, -0.1) is 11.8 Å². The number of nitrogens with one attached hydrogen (secondary N) is 1. The summed E-state index contributed by atoms with van der Waals surface area (Å²) in [6, 6.07) is -0.584. The Morgan fingerprint density at radius 3 is 2.59 bits per heavy atom. The van der Waals surface area contributed by atoms with Gasteiger partial charge in [0.1, 0.15) is 6.04 Å². The van der Waals surface area contributed by atoms with Gasteiger partial charge in [-0.1, -0.05) is 6.92 Å². The van der Waals surface area contributed by atoms with Crippen molar-refractivity contribution in [2.24, 2.45) is 17.4 Å². The van der Waals surface area contributed by atoms with Crippen LogP contribution in [0.25, 0.3) is 0 Å². The summed E-state index contributed by atoms with van der Waals surface area (Å²) in [6.07, 6.45) is 0.766. The molecule has 1 unspecified atom stereocenters. The second-order valence-corrected chi connectivity index (χ2v) is 6.19. The molecule has 1 aliphatic rings. The summed E-state index contributed by atoms with van der Waals surface area (Å²) in [5.74, 6) is -1.10. The molecule has 0 radical (unpaired) electrons. The lowest BCUT2D eigenvalue weighted by atomic mass is 10.1. The quantitative estimate of drug-likeness (QED) is 0.469. The number of likely N-dealkylation sites (tertiary alicyclic amines) is 1. The fourth-order valence-electron chi connectivity index (χ4n) is 2.38. The number of hydrogen-bond acceptors (Lipinski definition) is 5. The average molecular weight is 330 g/mol. The third kappa shape index (κ3) is 5.55. The Morgan fingerprint density at radius 2 is 2.05 bits per heavy atom. The number of amides is 4. The fourth-order valence-corrected chi connectivity index (χ4v) is 2.97. The van der Waals surface area contributed by atoms with E-state index >= 15 is 0 Å². The smallest absolute Gasteiger partial charge is 0.240 e. The van der Waals surface area contributed by atoms with Gasteiger partial charge in [-0.2, -0.15) is 0 Å². The Labute approximate surface area is 133 Å². The second-order valence-electron chi connectivity index (χ2n) is 5.21. The fraction of sp³-hybridized carbons (Fsp3) is 0.692. The zero-order chi connectivity index (χ0) is 16.7. The standard InChI is InChI=1S/C13H22N4O4S/c1-2-9(13(15)21)17-5-8(3-12(17)20)4-16-11(19)7-22-6-10(14)18/h8-9H,2-7H2,1H3,(H2,14,18)(H2,15,21)(H,16,19)/t8?,9-/m1/s1. The van der Waals surface area contributed by atoms with Crippen LogP contribution in [0.5, 0.6) is 0 Å². The van der Waals surface area contributed by atoms with Crippen LogP contribution in [-0.4, -0.2) is 59.2 Å². The summed E-state index contributed by atoms with van der Waals surface area (Å²) in [4.78, 5) is 46.9. The van der Waals surface area contributed by atoms with Gasteiger partial charge in [0.25, 0.3) is 0 Å². The lowest BCUT2D eigenvalue weighted by molar-refractivity contribution is -0.136. The highest BCUT2D eigenvalue weighted by Crippen LogP contribution is 2.21. The van der Waals surface area contributed by atoms with Crippen LogP contribution in [0.15, 0.2) is 0 Å². The number of rotatable bonds is 9. The van der Waals surface area contributed by atoms with Gasteiger partial charge in [0, 0.05) is 25.4 Å². The van der Waals surface area contributed by atoms with E-state index in [2.05, 4.69) is 5.32 Å². The van der Waals surface area contributed by atoms with E-state index in [9.17, 15) is 19.2 Å². The van der Waals surface area contributed by atoms with Crippen LogP contribution in [0.3, 0.4) is 0 Å². The number of nitrogens with zero attached hydrogens (tertiary/aromatic N) is 1. The minimum atomic E-state index is -0.584. The molecule has 0 aromatic heterocycles. The van der Waals surface area contributed by atoms with Crippen LogP contribution in [0.4, 0.5) is 0 Å². The Balaban J connectivity index is 2.36. The number of carbonyl (C=O) groups excluding carboxylic acids is 4. The summed E-state index contributed by atoms with van der Waals surface area (Å²) >= 11 is 1.14. The zero-order valence-corrected chi connectivity index (χ0v) is 13.4. The predicted molar refractivity (Wildman–Crippen MR) is 82.6 cm³/mol. The van der Waals surface area contributed by atoms with Crippen molar-refractivity contribution in [3.63, 3.8) is 0 Å². The van der Waals surface area contributed by atoms with E-state index in [-0.39, 0.29) is 29.2 Å². The topological polar surface area (TPSA) is 136 Å². The Kier molecular flexibility index (Phi) is 7.16. The van der Waals surface area contributed by atoms with E-state index in [1.807, 2.05) is 0 Å². The van der Waals surface area contributed by atoms with Crippen molar-refractivity contribution < 1.29 is 19.2 Å². The summed E-state index contributed by atoms with van der Waals surface area (Å²) in [6.45, 7) is 2.57. The lowest BCUT2D eigenvalue weighted by Crippen LogP contribution is -2.45. The Bertz CT molecular complexity index is 457. The molecule has 1 fully saturated rings. The van der Waals surface area contributed by atoms with Crippen molar-refractivity contribution in [2.75, 3.05) is 24.6 Å². The van der Waals surface area contributed by atoms with Crippen molar-refractivity contribution in [1.29, 1.82) is 0 Å². The van der Waals surface area contributed by atoms with Crippen molar-refractivity contribution in [2.45, 2.75) is 25.8 Å². The van der Waals surface area contributed by atoms with E-state index in [0.717, 1.165) is 11.8 Å². The lowest BCUT2D eigenvalue weighted by Gasteiger charge is -2.24. The molecule has 9 heteroatoms. The van der Waals surface area contributed by atoms with Crippen molar-refractivity contribution in [1.82, 2.24) is 10.2 Å². The molecule has 0 spiro atoms. The number of nitrogens with two attached hydrogens (primary N) is 2. The number of hydrogen-bond donors (Lipinski definition) is 3. The first-order valence-electron chi connectivity index (χ1n) is 7.06. The first-order chi connectivity index (χ1) is 10.3. The molecule has 5 N–H and O–H groups in total. The monoisotopic (exact) mass is 330 g/mol. The maximum Gasteiger partial charge on any atom is 0.240 e. The van der Waals surface area contributed by atoms with Crippen molar-refractivity contribution >= 4 is 35.4 Å². The molecule has 1 aliphatic heterocycles. The van der Waals surface area contributed by atoms with Crippen LogP contribution in [0.1, 0.15) is 19.8 Å². The van der Waals surface area contributed by atoms with Crippen LogP contribution in [0, 0.1) is 5.92 Å². The minimum absolute atomic E-state index is 0.0361. The van der Waals surface area contributed by atoms with Crippen molar-refractivity contribution in [3.8, 4) is 0 Å². The molecule has 8 nitrogen and oxygen atoms in total. The highest BCUT2D eigenvalue weighted by molar-refractivity contribution is 8.00. The summed E-state index contributed by atoms with van der Waals surface area (Å²) in [5.41, 5.74) is 10.3. The van der Waals surface area contributed by atoms with E-state index in [0.29, 0.717) is 25.9 Å². The largest absolute Gasteiger partial charge is 0.369 e. The Hall–Kier alpha value is -1.77. The van der Waals surface area contributed by atoms with Gasteiger partial charge in [-0.3, -0.25) is 19.2 Å². The average Bonchev–Trinajstić information content (AvgIpc) is 2.78. The normalized spacial score (nSPS) is 19.0. The first-order valence-corrected chi connectivity index (χ1v) is 8.22. The summed E-state index contributed by atoms with van der Waals surface area (Å²) in [7, 11) is 0. The van der Waals surface area contributed by atoms with Gasteiger partial charge < -0.3 is 21.7 Å². The summed E-state index contributed by atoms with van der Waals surface area (Å²) in [5, 5.41) is 2.72. The molecule has 0 bridgehead atoms. The van der Waals surface area contributed by atoms with Gasteiger partial charge in [-0.05, 0) is 6.42 Å². The molecule has 1 heterocycles. The second kappa shape index (κ2) is 8.62. The van der Waals surface area contributed by atoms with Crippen LogP contribution >= 0.6 is 11.8 Å². The molecule has 0 aromatic carbocycles. The third-order valence-electron chi connectivity index (χ3n) is 3.40. The number of carbonyl (C=O) groups is 4. The predicted octanol–water partition coefficient (Wildman–Crippen LogP) is -1.57. The van der Waals surface area contributed by atoms with E-state index in [1.165, 1.54) is 4.90 Å². The van der Waals surface area contributed by atoms with Crippen LogP contribution < -0.4 is 16.8 Å². The molecule has 124 valence electrons. The van der Waals surface area contributed by atoms with Crippen LogP contribution in [0.2, 0.25) is 0 Å². The van der Waals surface area contributed by atoms with Gasteiger partial charge in [0.05, 0.1) is 11.5 Å². The molecule has 1 saturated heterocycles. The SMILES string of the molecule is CC[C@H](C(N)=O)N1CC(CNC(=O)CSCC(N)=O)CC1=O. The maximum absolute atomic E-state index is 11.9. The maximum atomic E-state index is 11.9. The molecule has 0 aliphatic carbocycles. The van der Waals surface area contributed by atoms with E-state index in [1.54, 1.807) is 6.92 Å². The summed E-state index contributed by atoms with van der Waals surface area (Å²) < 4.78 is 0. The number of primary amides is 2. The van der Waals surface area contributed by atoms with Crippen molar-refractivity contribution in [3.05, 3.63) is 0 Å². The zero-order valence-electron chi connectivity index (χ0n) is 12.5. The van der Waals surface area contributed by atoms with Gasteiger partial charge in [0.2, 0.25) is 23.6 Å². The minimum Gasteiger partial charge on any atom is -0.369 e. The van der Waals surface area contributed by atoms with Gasteiger partial charge >= 0.3 is 0 Å². The third-order valence-corrected chi connectivity index (χ3v) is 4.35. The van der Waals surface area contributed by atoms with E-state index < -0.39 is 17.9 Å². The van der Waals surface area contributed by atoms with E-state index in [4.69, 9.17) is 11.5 Å². The molecule has 1 rings (SSSR count). The molecule has 0 saturated carbocycles. The van der Waals surface area contributed by atoms with Gasteiger partial charge in [0.15, 0.2) is 0 Å².